The molecule has 0 bridgehead atoms. The number of rotatable bonds is 5. The van der Waals surface area contributed by atoms with E-state index in [9.17, 15) is 9.18 Å². The molecule has 2 nitrogen and oxygen atoms in total. The van der Waals surface area contributed by atoms with E-state index in [1.165, 1.54) is 18.2 Å². The normalized spacial score (nSPS) is 11.4. The number of hydrogen-bond donors (Lipinski definition) is 1. The van der Waals surface area contributed by atoms with Gasteiger partial charge in [-0.3, -0.25) is 4.79 Å². The van der Waals surface area contributed by atoms with Crippen molar-refractivity contribution >= 4 is 33.4 Å². The molecule has 100 valence electrons. The third-order valence-electron chi connectivity index (χ3n) is 2.69. The molecule has 1 amide bonds. The maximum absolute atomic E-state index is 13.2. The van der Waals surface area contributed by atoms with E-state index in [0.717, 1.165) is 11.8 Å². The first-order valence-electron chi connectivity index (χ1n) is 5.65. The van der Waals surface area contributed by atoms with E-state index in [-0.39, 0.29) is 21.9 Å². The van der Waals surface area contributed by atoms with Gasteiger partial charge in [0.2, 0.25) is 0 Å². The number of benzene rings is 1. The van der Waals surface area contributed by atoms with Gasteiger partial charge < -0.3 is 5.32 Å². The molecule has 1 aromatic carbocycles. The third-order valence-corrected chi connectivity index (χ3v) is 3.48. The molecule has 5 heteroatoms. The molecule has 0 heterocycles. The summed E-state index contributed by atoms with van der Waals surface area (Å²) in [5.41, 5.74) is 0.158. The molecular weight excluding hydrogens is 321 g/mol. The maximum atomic E-state index is 13.2. The lowest BCUT2D eigenvalue weighted by molar-refractivity contribution is 0.0935. The summed E-state index contributed by atoms with van der Waals surface area (Å²) < 4.78 is 13.2. The van der Waals surface area contributed by atoms with Crippen LogP contribution in [0.1, 0.15) is 30.6 Å². The minimum atomic E-state index is -0.580. The second-order valence-corrected chi connectivity index (χ2v) is 6.06. The summed E-state index contributed by atoms with van der Waals surface area (Å²) in [6, 6.07) is 4.21. The van der Waals surface area contributed by atoms with Crippen molar-refractivity contribution in [2.75, 3.05) is 11.9 Å². The molecule has 1 N–H and O–H groups in total. The van der Waals surface area contributed by atoms with Crippen LogP contribution in [0.2, 0.25) is 5.02 Å². The number of carbonyl (C=O) groups excluding carboxylic acids is 1. The van der Waals surface area contributed by atoms with Crippen LogP contribution in [0.5, 0.6) is 0 Å². The Bertz CT molecular complexity index is 437. The van der Waals surface area contributed by atoms with Gasteiger partial charge in [-0.05, 0) is 24.0 Å². The van der Waals surface area contributed by atoms with E-state index in [1.807, 2.05) is 0 Å². The number of alkyl halides is 1. The van der Waals surface area contributed by atoms with Crippen LogP contribution in [-0.2, 0) is 0 Å². The number of nitrogens with one attached hydrogen (secondary N) is 1. The van der Waals surface area contributed by atoms with Gasteiger partial charge in [-0.1, -0.05) is 47.4 Å². The second kappa shape index (κ2) is 6.53. The molecule has 0 saturated heterocycles. The highest BCUT2D eigenvalue weighted by Gasteiger charge is 2.20. The number of halogens is 3. The molecule has 1 rings (SSSR count). The molecule has 0 spiro atoms. The number of hydrogen-bond acceptors (Lipinski definition) is 1. The Kier molecular flexibility index (Phi) is 5.60. The zero-order valence-electron chi connectivity index (χ0n) is 10.4. The van der Waals surface area contributed by atoms with Crippen LogP contribution < -0.4 is 5.32 Å². The SMILES string of the molecule is CC(C)(CCBr)CNC(=O)c1cccc(F)c1Cl. The molecule has 0 saturated carbocycles. The van der Waals surface area contributed by atoms with Crippen LogP contribution in [0, 0.1) is 11.2 Å². The van der Waals surface area contributed by atoms with Crippen LogP contribution in [0.15, 0.2) is 18.2 Å². The zero-order valence-corrected chi connectivity index (χ0v) is 12.7. The fourth-order valence-electron chi connectivity index (χ4n) is 1.44. The van der Waals surface area contributed by atoms with Gasteiger partial charge in [-0.25, -0.2) is 4.39 Å². The molecule has 0 fully saturated rings. The molecule has 0 aliphatic carbocycles. The summed E-state index contributed by atoms with van der Waals surface area (Å²) in [6.07, 6.45) is 0.935. The average molecular weight is 337 g/mol. The van der Waals surface area contributed by atoms with E-state index in [0.29, 0.717) is 6.54 Å². The van der Waals surface area contributed by atoms with Gasteiger partial charge in [0.1, 0.15) is 5.82 Å². The van der Waals surface area contributed by atoms with Gasteiger partial charge in [0.25, 0.3) is 5.91 Å². The second-order valence-electron chi connectivity index (χ2n) is 4.89. The largest absolute Gasteiger partial charge is 0.351 e. The van der Waals surface area contributed by atoms with Crippen LogP contribution >= 0.6 is 27.5 Å². The summed E-state index contributed by atoms with van der Waals surface area (Å²) in [5.74, 6) is -0.925. The van der Waals surface area contributed by atoms with Gasteiger partial charge in [0, 0.05) is 11.9 Å². The van der Waals surface area contributed by atoms with E-state index < -0.39 is 5.82 Å². The first kappa shape index (κ1) is 15.4. The standard InChI is InChI=1S/C13H16BrClFNO/c1-13(2,6-7-14)8-17-12(18)9-4-3-5-10(16)11(9)15/h3-5H,6-8H2,1-2H3,(H,17,18). The Morgan fingerprint density at radius 3 is 2.78 bits per heavy atom. The van der Waals surface area contributed by atoms with E-state index >= 15 is 0 Å². The highest BCUT2D eigenvalue weighted by Crippen LogP contribution is 2.22. The fraction of sp³-hybridized carbons (Fsp3) is 0.462. The number of carbonyl (C=O) groups is 1. The van der Waals surface area contributed by atoms with Crippen molar-refractivity contribution in [1.82, 2.24) is 5.32 Å². The summed E-state index contributed by atoms with van der Waals surface area (Å²) in [7, 11) is 0. The maximum Gasteiger partial charge on any atom is 0.252 e. The molecule has 1 aromatic rings. The van der Waals surface area contributed by atoms with E-state index in [1.54, 1.807) is 0 Å². The van der Waals surface area contributed by atoms with Crippen LogP contribution in [0.4, 0.5) is 4.39 Å². The average Bonchev–Trinajstić information content (AvgIpc) is 2.30. The predicted molar refractivity (Wildman–Crippen MR) is 75.9 cm³/mol. The summed E-state index contributed by atoms with van der Waals surface area (Å²) >= 11 is 9.13. The molecule has 0 radical (unpaired) electrons. The highest BCUT2D eigenvalue weighted by molar-refractivity contribution is 9.09. The van der Waals surface area contributed by atoms with Gasteiger partial charge in [-0.2, -0.15) is 0 Å². The first-order valence-corrected chi connectivity index (χ1v) is 7.15. The Morgan fingerprint density at radius 2 is 2.17 bits per heavy atom. The van der Waals surface area contributed by atoms with Crippen LogP contribution in [-0.4, -0.2) is 17.8 Å². The van der Waals surface area contributed by atoms with Crippen LogP contribution in [0.3, 0.4) is 0 Å². The molecule has 0 aliphatic heterocycles. The quantitative estimate of drug-likeness (QED) is 0.808. The molecule has 0 aromatic heterocycles. The van der Waals surface area contributed by atoms with Gasteiger partial charge in [-0.15, -0.1) is 0 Å². The van der Waals surface area contributed by atoms with Crippen molar-refractivity contribution in [3.63, 3.8) is 0 Å². The Balaban J connectivity index is 2.69. The zero-order chi connectivity index (χ0) is 13.8. The summed E-state index contributed by atoms with van der Waals surface area (Å²) in [6.45, 7) is 4.63. The topological polar surface area (TPSA) is 29.1 Å². The third kappa shape index (κ3) is 4.25. The minimum absolute atomic E-state index is 0.0149. The molecular formula is C13H16BrClFNO. The van der Waals surface area contributed by atoms with Crippen molar-refractivity contribution in [3.05, 3.63) is 34.6 Å². The van der Waals surface area contributed by atoms with Crippen molar-refractivity contribution < 1.29 is 9.18 Å². The van der Waals surface area contributed by atoms with Gasteiger partial charge in [0.15, 0.2) is 0 Å². The Hall–Kier alpha value is -0.610. The molecule has 18 heavy (non-hydrogen) atoms. The van der Waals surface area contributed by atoms with E-state index in [4.69, 9.17) is 11.6 Å². The van der Waals surface area contributed by atoms with Crippen molar-refractivity contribution in [1.29, 1.82) is 0 Å². The van der Waals surface area contributed by atoms with Gasteiger partial charge >= 0.3 is 0 Å². The monoisotopic (exact) mass is 335 g/mol. The van der Waals surface area contributed by atoms with Crippen LogP contribution in [0.25, 0.3) is 0 Å². The lowest BCUT2D eigenvalue weighted by Gasteiger charge is -2.24. The molecule has 0 unspecified atom stereocenters. The summed E-state index contributed by atoms with van der Waals surface area (Å²) in [4.78, 5) is 11.9. The van der Waals surface area contributed by atoms with Crippen molar-refractivity contribution in [2.45, 2.75) is 20.3 Å². The minimum Gasteiger partial charge on any atom is -0.351 e. The Morgan fingerprint density at radius 1 is 1.50 bits per heavy atom. The van der Waals surface area contributed by atoms with E-state index in [2.05, 4.69) is 35.1 Å². The lowest BCUT2D eigenvalue weighted by Crippen LogP contribution is -2.34. The van der Waals surface area contributed by atoms with Crippen molar-refractivity contribution in [3.8, 4) is 0 Å². The van der Waals surface area contributed by atoms with Crippen molar-refractivity contribution in [2.24, 2.45) is 5.41 Å². The predicted octanol–water partition coefficient (Wildman–Crippen LogP) is 4.02. The fourth-order valence-corrected chi connectivity index (χ4v) is 2.72. The Labute approximate surface area is 120 Å². The first-order chi connectivity index (χ1) is 8.37. The smallest absolute Gasteiger partial charge is 0.252 e. The highest BCUT2D eigenvalue weighted by atomic mass is 79.9. The molecule has 0 atom stereocenters. The summed E-state index contributed by atoms with van der Waals surface area (Å²) in [5, 5.41) is 3.52. The lowest BCUT2D eigenvalue weighted by atomic mass is 9.90. The number of amides is 1. The van der Waals surface area contributed by atoms with Gasteiger partial charge in [0.05, 0.1) is 10.6 Å². The molecule has 0 aliphatic rings.